The third kappa shape index (κ3) is 5.36. The number of rotatable bonds is 2. The number of carbonyl (C=O) groups is 1. The maximum atomic E-state index is 11.3. The van der Waals surface area contributed by atoms with E-state index in [-0.39, 0.29) is 6.67 Å². The summed E-state index contributed by atoms with van der Waals surface area (Å²) in [6, 6.07) is 0. The zero-order chi connectivity index (χ0) is 8.20. The van der Waals surface area contributed by atoms with Crippen LogP contribution in [-0.4, -0.2) is 18.8 Å². The van der Waals surface area contributed by atoms with Crippen LogP contribution in [0.15, 0.2) is 0 Å². The van der Waals surface area contributed by atoms with Gasteiger partial charge in [0.05, 0.1) is 6.67 Å². The first kappa shape index (κ1) is 9.22. The minimum Gasteiger partial charge on any atom is -0.343 e. The van der Waals surface area contributed by atoms with Gasteiger partial charge in [-0.2, -0.15) is 13.2 Å². The monoisotopic (exact) mass is 156 g/mol. The van der Waals surface area contributed by atoms with E-state index >= 15 is 0 Å². The average molecular weight is 156 g/mol. The highest BCUT2D eigenvalue weighted by Crippen LogP contribution is 2.18. The smallest absolute Gasteiger partial charge is 0.343 e. The molecule has 0 aliphatic carbocycles. The summed E-state index contributed by atoms with van der Waals surface area (Å²) in [5.41, 5.74) is 4.75. The molecule has 0 saturated carbocycles. The van der Waals surface area contributed by atoms with Crippen LogP contribution in [0.4, 0.5) is 13.2 Å². The van der Waals surface area contributed by atoms with Gasteiger partial charge in [-0.25, -0.2) is 0 Å². The second kappa shape index (κ2) is 3.40. The highest BCUT2D eigenvalue weighted by Gasteiger charge is 2.30. The SMILES string of the molecule is NCNC(=O)CC(F)(F)F. The van der Waals surface area contributed by atoms with Crippen molar-refractivity contribution >= 4 is 5.91 Å². The number of carbonyl (C=O) groups excluding carboxylic acids is 1. The van der Waals surface area contributed by atoms with Crippen LogP contribution in [-0.2, 0) is 4.79 Å². The van der Waals surface area contributed by atoms with Crippen molar-refractivity contribution in [2.75, 3.05) is 6.67 Å². The van der Waals surface area contributed by atoms with Gasteiger partial charge in [0.1, 0.15) is 6.42 Å². The molecule has 0 atom stereocenters. The maximum Gasteiger partial charge on any atom is 0.397 e. The Morgan fingerprint density at radius 3 is 2.30 bits per heavy atom. The summed E-state index contributed by atoms with van der Waals surface area (Å²) in [4.78, 5) is 10.1. The van der Waals surface area contributed by atoms with E-state index < -0.39 is 18.5 Å². The first-order valence-corrected chi connectivity index (χ1v) is 2.49. The zero-order valence-electron chi connectivity index (χ0n) is 5.03. The van der Waals surface area contributed by atoms with Crippen molar-refractivity contribution in [3.05, 3.63) is 0 Å². The lowest BCUT2D eigenvalue weighted by Crippen LogP contribution is -2.32. The van der Waals surface area contributed by atoms with Crippen LogP contribution in [0.3, 0.4) is 0 Å². The summed E-state index contributed by atoms with van der Waals surface area (Å²) in [5, 5.41) is 1.82. The van der Waals surface area contributed by atoms with Crippen molar-refractivity contribution < 1.29 is 18.0 Å². The van der Waals surface area contributed by atoms with E-state index in [1.807, 2.05) is 5.32 Å². The predicted octanol–water partition coefficient (Wildman–Crippen LogP) is -0.0288. The summed E-state index contributed by atoms with van der Waals surface area (Å²) in [5.74, 6) is -1.10. The van der Waals surface area contributed by atoms with Gasteiger partial charge in [-0.1, -0.05) is 0 Å². The van der Waals surface area contributed by atoms with E-state index in [1.54, 1.807) is 0 Å². The molecule has 0 heterocycles. The molecule has 3 nitrogen and oxygen atoms in total. The molecule has 0 bridgehead atoms. The second-order valence-electron chi connectivity index (χ2n) is 1.60. The molecule has 10 heavy (non-hydrogen) atoms. The summed E-state index contributed by atoms with van der Waals surface area (Å²) >= 11 is 0. The average Bonchev–Trinajstić information content (AvgIpc) is 1.59. The number of nitrogens with two attached hydrogens (primary N) is 1. The molecule has 0 spiro atoms. The van der Waals surface area contributed by atoms with Gasteiger partial charge in [0.2, 0.25) is 5.91 Å². The summed E-state index contributed by atoms with van der Waals surface area (Å²) in [7, 11) is 0. The lowest BCUT2D eigenvalue weighted by molar-refractivity contribution is -0.153. The van der Waals surface area contributed by atoms with Gasteiger partial charge in [0.25, 0.3) is 0 Å². The van der Waals surface area contributed by atoms with Gasteiger partial charge in [0, 0.05) is 0 Å². The maximum absolute atomic E-state index is 11.3. The lowest BCUT2D eigenvalue weighted by atomic mass is 10.4. The van der Waals surface area contributed by atoms with E-state index in [0.29, 0.717) is 0 Å². The fraction of sp³-hybridized carbons (Fsp3) is 0.750. The Labute approximate surface area is 55.4 Å². The Bertz CT molecular complexity index is 122. The van der Waals surface area contributed by atoms with Crippen LogP contribution < -0.4 is 11.1 Å². The first-order chi connectivity index (χ1) is 4.45. The molecule has 0 aromatic rings. The number of hydrogen-bond donors (Lipinski definition) is 2. The van der Waals surface area contributed by atoms with Crippen LogP contribution in [0, 0.1) is 0 Å². The number of halogens is 3. The molecule has 0 aliphatic rings. The molecular formula is C4H7F3N2O. The van der Waals surface area contributed by atoms with Crippen LogP contribution in [0.25, 0.3) is 0 Å². The van der Waals surface area contributed by atoms with E-state index in [9.17, 15) is 18.0 Å². The molecular weight excluding hydrogens is 149 g/mol. The molecule has 0 radical (unpaired) electrons. The van der Waals surface area contributed by atoms with Gasteiger partial charge in [0.15, 0.2) is 0 Å². The molecule has 60 valence electrons. The third-order valence-corrected chi connectivity index (χ3v) is 0.660. The molecule has 0 aromatic heterocycles. The fourth-order valence-electron chi connectivity index (χ4n) is 0.358. The Kier molecular flexibility index (Phi) is 3.14. The summed E-state index contributed by atoms with van der Waals surface area (Å²) in [6.07, 6.45) is -5.91. The van der Waals surface area contributed by atoms with Crippen LogP contribution in [0.1, 0.15) is 6.42 Å². The predicted molar refractivity (Wildman–Crippen MR) is 27.9 cm³/mol. The van der Waals surface area contributed by atoms with E-state index in [1.165, 1.54) is 0 Å². The Morgan fingerprint density at radius 2 is 2.00 bits per heavy atom. The minimum atomic E-state index is -4.45. The van der Waals surface area contributed by atoms with Crippen molar-refractivity contribution in [1.82, 2.24) is 5.32 Å². The molecule has 0 unspecified atom stereocenters. The molecule has 1 amide bonds. The quantitative estimate of drug-likeness (QED) is 0.551. The largest absolute Gasteiger partial charge is 0.397 e. The van der Waals surface area contributed by atoms with E-state index in [0.717, 1.165) is 0 Å². The molecule has 3 N–H and O–H groups in total. The number of nitrogens with one attached hydrogen (secondary N) is 1. The Morgan fingerprint density at radius 1 is 1.50 bits per heavy atom. The highest BCUT2D eigenvalue weighted by atomic mass is 19.4. The van der Waals surface area contributed by atoms with Crippen LogP contribution in [0.5, 0.6) is 0 Å². The van der Waals surface area contributed by atoms with Crippen molar-refractivity contribution in [3.8, 4) is 0 Å². The van der Waals surface area contributed by atoms with Crippen molar-refractivity contribution in [1.29, 1.82) is 0 Å². The standard InChI is InChI=1S/C4H7F3N2O/c5-4(6,7)1-3(10)9-2-8/h1-2,8H2,(H,9,10). The molecule has 0 rings (SSSR count). The van der Waals surface area contributed by atoms with Crippen molar-refractivity contribution in [3.63, 3.8) is 0 Å². The molecule has 0 fully saturated rings. The van der Waals surface area contributed by atoms with Crippen LogP contribution >= 0.6 is 0 Å². The first-order valence-electron chi connectivity index (χ1n) is 2.49. The third-order valence-electron chi connectivity index (χ3n) is 0.660. The zero-order valence-corrected chi connectivity index (χ0v) is 5.03. The number of hydrogen-bond acceptors (Lipinski definition) is 2. The molecule has 0 saturated heterocycles. The summed E-state index contributed by atoms with van der Waals surface area (Å²) < 4.78 is 34.0. The van der Waals surface area contributed by atoms with Crippen molar-refractivity contribution in [2.24, 2.45) is 5.73 Å². The minimum absolute atomic E-state index is 0.269. The van der Waals surface area contributed by atoms with E-state index in [4.69, 9.17) is 5.73 Å². The van der Waals surface area contributed by atoms with Gasteiger partial charge in [-0.15, -0.1) is 0 Å². The fourth-order valence-corrected chi connectivity index (χ4v) is 0.358. The van der Waals surface area contributed by atoms with Gasteiger partial charge < -0.3 is 11.1 Å². The highest BCUT2D eigenvalue weighted by molar-refractivity contribution is 5.76. The van der Waals surface area contributed by atoms with Gasteiger partial charge >= 0.3 is 6.18 Å². The number of alkyl halides is 3. The Hall–Kier alpha value is -0.780. The second-order valence-corrected chi connectivity index (χ2v) is 1.60. The molecule has 0 aliphatic heterocycles. The molecule has 6 heteroatoms. The lowest BCUT2D eigenvalue weighted by Gasteiger charge is -2.04. The molecule has 0 aromatic carbocycles. The topological polar surface area (TPSA) is 55.1 Å². The van der Waals surface area contributed by atoms with Gasteiger partial charge in [-0.3, -0.25) is 4.79 Å². The summed E-state index contributed by atoms with van der Waals surface area (Å²) in [6.45, 7) is -0.269. The van der Waals surface area contributed by atoms with Crippen molar-refractivity contribution in [2.45, 2.75) is 12.6 Å². The number of amides is 1. The van der Waals surface area contributed by atoms with Gasteiger partial charge in [-0.05, 0) is 0 Å². The van der Waals surface area contributed by atoms with Crippen LogP contribution in [0.2, 0.25) is 0 Å². The Balaban J connectivity index is 3.58. The van der Waals surface area contributed by atoms with E-state index in [2.05, 4.69) is 0 Å². The normalized spacial score (nSPS) is 11.2.